The maximum absolute atomic E-state index is 12.6. The third-order valence-corrected chi connectivity index (χ3v) is 8.04. The molecule has 0 saturated carbocycles. The van der Waals surface area contributed by atoms with E-state index < -0.39 is 19.8 Å². The topological polar surface area (TPSA) is 157 Å². The SMILES string of the molecule is C[C@H](CO)Nc1nc(Nc2cccc(S(C)(=N)=O)c2)ncc1-c1ccc(NS(=O)(=O)c2ccccc2)cc1. The number of aliphatic hydroxyl groups excluding tert-OH is 1. The van der Waals surface area contributed by atoms with E-state index in [9.17, 15) is 17.7 Å². The fourth-order valence-corrected chi connectivity index (χ4v) is 5.29. The Balaban J connectivity index is 1.61. The molecule has 198 valence electrons. The van der Waals surface area contributed by atoms with Gasteiger partial charge in [-0.3, -0.25) is 4.72 Å². The van der Waals surface area contributed by atoms with E-state index in [-0.39, 0.29) is 23.5 Å². The fraction of sp³-hybridized carbons (Fsp3) is 0.154. The molecule has 3 aromatic carbocycles. The lowest BCUT2D eigenvalue weighted by molar-refractivity contribution is 0.281. The van der Waals surface area contributed by atoms with E-state index in [4.69, 9.17) is 4.78 Å². The molecule has 0 fully saturated rings. The molecule has 1 unspecified atom stereocenters. The van der Waals surface area contributed by atoms with Gasteiger partial charge in [-0.1, -0.05) is 36.4 Å². The highest BCUT2D eigenvalue weighted by atomic mass is 32.2. The Labute approximate surface area is 222 Å². The molecule has 2 atom stereocenters. The molecular formula is C26H28N6O4S2. The Bertz CT molecular complexity index is 1630. The molecule has 38 heavy (non-hydrogen) atoms. The Hall–Kier alpha value is -4.00. The van der Waals surface area contributed by atoms with Crippen LogP contribution in [0.4, 0.5) is 23.1 Å². The molecule has 0 aliphatic heterocycles. The van der Waals surface area contributed by atoms with Crippen LogP contribution in [0.5, 0.6) is 0 Å². The molecule has 5 N–H and O–H groups in total. The molecule has 0 radical (unpaired) electrons. The van der Waals surface area contributed by atoms with Gasteiger partial charge in [-0.05, 0) is 55.0 Å². The molecule has 0 aliphatic rings. The van der Waals surface area contributed by atoms with Gasteiger partial charge in [0.15, 0.2) is 0 Å². The van der Waals surface area contributed by atoms with Gasteiger partial charge in [-0.25, -0.2) is 22.4 Å². The van der Waals surface area contributed by atoms with Gasteiger partial charge in [0.2, 0.25) is 5.95 Å². The van der Waals surface area contributed by atoms with Crippen molar-refractivity contribution in [1.82, 2.24) is 9.97 Å². The van der Waals surface area contributed by atoms with Crippen molar-refractivity contribution in [2.75, 3.05) is 28.2 Å². The van der Waals surface area contributed by atoms with Crippen LogP contribution in [0.2, 0.25) is 0 Å². The highest BCUT2D eigenvalue weighted by Crippen LogP contribution is 2.30. The van der Waals surface area contributed by atoms with E-state index in [1.165, 1.54) is 18.4 Å². The van der Waals surface area contributed by atoms with Gasteiger partial charge in [-0.2, -0.15) is 4.98 Å². The van der Waals surface area contributed by atoms with Crippen molar-refractivity contribution in [3.05, 3.63) is 85.1 Å². The summed E-state index contributed by atoms with van der Waals surface area (Å²) in [6.07, 6.45) is 2.97. The molecule has 1 aromatic heterocycles. The number of nitrogens with one attached hydrogen (secondary N) is 4. The lowest BCUT2D eigenvalue weighted by Crippen LogP contribution is -2.21. The molecule has 0 aliphatic carbocycles. The van der Waals surface area contributed by atoms with Gasteiger partial charge < -0.3 is 15.7 Å². The third-order valence-electron chi connectivity index (χ3n) is 5.49. The summed E-state index contributed by atoms with van der Waals surface area (Å²) in [7, 11) is -6.60. The molecular weight excluding hydrogens is 524 g/mol. The van der Waals surface area contributed by atoms with Gasteiger partial charge in [0.05, 0.1) is 21.2 Å². The average Bonchev–Trinajstić information content (AvgIpc) is 2.89. The van der Waals surface area contributed by atoms with E-state index in [2.05, 4.69) is 25.3 Å². The third kappa shape index (κ3) is 6.65. The highest BCUT2D eigenvalue weighted by molar-refractivity contribution is 7.92. The van der Waals surface area contributed by atoms with E-state index in [0.29, 0.717) is 27.7 Å². The number of nitrogens with zero attached hydrogens (tertiary/aromatic N) is 2. The first-order valence-electron chi connectivity index (χ1n) is 11.6. The Kier molecular flexibility index (Phi) is 7.95. The number of rotatable bonds is 10. The zero-order valence-corrected chi connectivity index (χ0v) is 22.4. The largest absolute Gasteiger partial charge is 0.394 e. The van der Waals surface area contributed by atoms with Gasteiger partial charge in [-0.15, -0.1) is 0 Å². The fourth-order valence-electron chi connectivity index (χ4n) is 3.52. The average molecular weight is 553 g/mol. The second-order valence-corrected chi connectivity index (χ2v) is 12.5. The predicted molar refractivity (Wildman–Crippen MR) is 150 cm³/mol. The lowest BCUT2D eigenvalue weighted by atomic mass is 10.1. The van der Waals surface area contributed by atoms with Gasteiger partial charge >= 0.3 is 0 Å². The summed E-state index contributed by atoms with van der Waals surface area (Å²) < 4.78 is 47.8. The number of benzene rings is 3. The van der Waals surface area contributed by atoms with Gasteiger partial charge in [0, 0.05) is 40.3 Å². The quantitative estimate of drug-likeness (QED) is 0.192. The second kappa shape index (κ2) is 11.2. The first kappa shape index (κ1) is 27.0. The zero-order valence-electron chi connectivity index (χ0n) is 20.8. The monoisotopic (exact) mass is 552 g/mol. The van der Waals surface area contributed by atoms with Crippen molar-refractivity contribution < 1.29 is 17.7 Å². The summed E-state index contributed by atoms with van der Waals surface area (Å²) in [5, 5.41) is 15.8. The molecule has 10 nitrogen and oxygen atoms in total. The zero-order chi connectivity index (χ0) is 27.3. The van der Waals surface area contributed by atoms with Crippen LogP contribution in [0.3, 0.4) is 0 Å². The lowest BCUT2D eigenvalue weighted by Gasteiger charge is -2.17. The molecule has 0 amide bonds. The van der Waals surface area contributed by atoms with Gasteiger partial charge in [0.25, 0.3) is 10.0 Å². The molecule has 0 saturated heterocycles. The van der Waals surface area contributed by atoms with E-state index >= 15 is 0 Å². The van der Waals surface area contributed by atoms with Crippen LogP contribution in [0, 0.1) is 4.78 Å². The van der Waals surface area contributed by atoms with E-state index in [0.717, 1.165) is 5.56 Å². The highest BCUT2D eigenvalue weighted by Gasteiger charge is 2.15. The van der Waals surface area contributed by atoms with Crippen LogP contribution in [-0.4, -0.2) is 46.6 Å². The summed E-state index contributed by atoms with van der Waals surface area (Å²) in [4.78, 5) is 9.52. The van der Waals surface area contributed by atoms with Crippen molar-refractivity contribution in [3.8, 4) is 11.1 Å². The van der Waals surface area contributed by atoms with Crippen molar-refractivity contribution in [2.45, 2.75) is 22.8 Å². The molecule has 4 rings (SSSR count). The maximum Gasteiger partial charge on any atom is 0.261 e. The number of aromatic nitrogens is 2. The first-order valence-corrected chi connectivity index (χ1v) is 15.0. The number of aliphatic hydroxyl groups is 1. The van der Waals surface area contributed by atoms with Crippen LogP contribution in [0.1, 0.15) is 6.92 Å². The van der Waals surface area contributed by atoms with Crippen LogP contribution in [0.15, 0.2) is 94.9 Å². The van der Waals surface area contributed by atoms with Crippen molar-refractivity contribution in [2.24, 2.45) is 0 Å². The summed E-state index contributed by atoms with van der Waals surface area (Å²) in [5.41, 5.74) is 2.35. The predicted octanol–water partition coefficient (Wildman–Crippen LogP) is 4.52. The maximum atomic E-state index is 12.6. The molecule has 0 spiro atoms. The number of sulfonamides is 1. The van der Waals surface area contributed by atoms with Crippen molar-refractivity contribution in [1.29, 1.82) is 4.78 Å². The summed E-state index contributed by atoms with van der Waals surface area (Å²) in [5.74, 6) is 0.718. The smallest absolute Gasteiger partial charge is 0.261 e. The standard InChI is InChI=1S/C26H28N6O4S2/c1-18(17-33)29-25-24(16-28-26(31-25)30-21-7-6-10-23(15-21)37(2,27)34)19-11-13-20(14-12-19)32-38(35,36)22-8-4-3-5-9-22/h3-16,18,27,32-33H,17H2,1-2H3,(H2,28,29,30,31)/t18-,37?/m1/s1. The minimum absolute atomic E-state index is 0.122. The number of hydrogen-bond acceptors (Lipinski definition) is 9. The van der Waals surface area contributed by atoms with Crippen LogP contribution < -0.4 is 15.4 Å². The molecule has 12 heteroatoms. The van der Waals surface area contributed by atoms with Crippen LogP contribution in [0.25, 0.3) is 11.1 Å². The summed E-state index contributed by atoms with van der Waals surface area (Å²) in [6, 6.07) is 21.3. The molecule has 1 heterocycles. The normalized spacial score (nSPS) is 13.8. The van der Waals surface area contributed by atoms with Crippen molar-refractivity contribution in [3.63, 3.8) is 0 Å². The van der Waals surface area contributed by atoms with Crippen LogP contribution >= 0.6 is 0 Å². The minimum Gasteiger partial charge on any atom is -0.394 e. The second-order valence-electron chi connectivity index (χ2n) is 8.68. The minimum atomic E-state index is -3.72. The molecule has 4 aromatic rings. The Morgan fingerprint density at radius 2 is 1.61 bits per heavy atom. The number of anilines is 4. The van der Waals surface area contributed by atoms with Gasteiger partial charge in [0.1, 0.15) is 5.82 Å². The summed E-state index contributed by atoms with van der Waals surface area (Å²) >= 11 is 0. The summed E-state index contributed by atoms with van der Waals surface area (Å²) in [6.45, 7) is 1.68. The van der Waals surface area contributed by atoms with E-state index in [1.807, 2.05) is 0 Å². The first-order chi connectivity index (χ1) is 18.0. The van der Waals surface area contributed by atoms with Crippen LogP contribution in [-0.2, 0) is 19.8 Å². The Morgan fingerprint density at radius 3 is 2.26 bits per heavy atom. The molecule has 0 bridgehead atoms. The Morgan fingerprint density at radius 1 is 0.921 bits per heavy atom. The van der Waals surface area contributed by atoms with E-state index in [1.54, 1.807) is 79.9 Å². The number of hydrogen-bond donors (Lipinski definition) is 5. The van der Waals surface area contributed by atoms with Crippen molar-refractivity contribution >= 4 is 42.9 Å².